The molecule has 0 radical (unpaired) electrons. The van der Waals surface area contributed by atoms with Gasteiger partial charge in [-0.15, -0.1) is 0 Å². The number of aromatic carboxylic acids is 1. The Morgan fingerprint density at radius 3 is 2.16 bits per heavy atom. The zero-order valence-electron chi connectivity index (χ0n) is 13.1. The maximum absolute atomic E-state index is 14.3. The van der Waals surface area contributed by atoms with Crippen LogP contribution in [-0.2, 0) is 6.61 Å². The van der Waals surface area contributed by atoms with E-state index in [1.165, 1.54) is 6.07 Å². The molecule has 3 nitrogen and oxygen atoms in total. The Balaban J connectivity index is 1.97. The van der Waals surface area contributed by atoms with E-state index in [-0.39, 0.29) is 17.7 Å². The molecule has 25 heavy (non-hydrogen) atoms. The Bertz CT molecular complexity index is 885. The summed E-state index contributed by atoms with van der Waals surface area (Å²) in [5, 5.41) is 8.90. The fraction of sp³-hybridized carbons (Fsp3) is 0.0500. The molecule has 3 rings (SSSR count). The molecule has 126 valence electrons. The molecule has 0 bridgehead atoms. The third-order valence-corrected chi connectivity index (χ3v) is 3.68. The third kappa shape index (κ3) is 3.66. The first-order chi connectivity index (χ1) is 12.1. The Morgan fingerprint density at radius 1 is 0.920 bits per heavy atom. The van der Waals surface area contributed by atoms with Crippen LogP contribution in [0, 0.1) is 11.6 Å². The zero-order chi connectivity index (χ0) is 17.8. The minimum atomic E-state index is -1.39. The van der Waals surface area contributed by atoms with Crippen LogP contribution in [0.15, 0.2) is 66.7 Å². The van der Waals surface area contributed by atoms with Gasteiger partial charge in [0.1, 0.15) is 24.0 Å². The second kappa shape index (κ2) is 7.13. The summed E-state index contributed by atoms with van der Waals surface area (Å²) in [7, 11) is 0. The molecular formula is C20H14F2O3. The predicted octanol–water partition coefficient (Wildman–Crippen LogP) is 4.91. The van der Waals surface area contributed by atoms with Crippen LogP contribution in [0.5, 0.6) is 5.75 Å². The minimum absolute atomic E-state index is 0.227. The number of para-hydroxylation sites is 1. The van der Waals surface area contributed by atoms with Gasteiger partial charge in [-0.25, -0.2) is 13.6 Å². The first-order valence-corrected chi connectivity index (χ1v) is 7.54. The summed E-state index contributed by atoms with van der Waals surface area (Å²) in [6.07, 6.45) is 0. The number of carboxylic acids is 1. The van der Waals surface area contributed by atoms with Crippen LogP contribution in [0.2, 0.25) is 0 Å². The summed E-state index contributed by atoms with van der Waals surface area (Å²) in [6.45, 7) is 0.244. The summed E-state index contributed by atoms with van der Waals surface area (Å²) in [4.78, 5) is 10.9. The second-order valence-corrected chi connectivity index (χ2v) is 5.39. The van der Waals surface area contributed by atoms with Gasteiger partial charge in [0.2, 0.25) is 0 Å². The molecule has 0 aliphatic heterocycles. The fourth-order valence-corrected chi connectivity index (χ4v) is 2.49. The molecule has 0 atom stereocenters. The van der Waals surface area contributed by atoms with Crippen molar-refractivity contribution in [1.82, 2.24) is 0 Å². The monoisotopic (exact) mass is 340 g/mol. The van der Waals surface area contributed by atoms with E-state index in [1.54, 1.807) is 18.2 Å². The highest BCUT2D eigenvalue weighted by Gasteiger charge is 2.19. The van der Waals surface area contributed by atoms with Crippen molar-refractivity contribution in [1.29, 1.82) is 0 Å². The molecule has 0 heterocycles. The summed E-state index contributed by atoms with van der Waals surface area (Å²) in [6, 6.07) is 17.5. The van der Waals surface area contributed by atoms with E-state index >= 15 is 0 Å². The van der Waals surface area contributed by atoms with Gasteiger partial charge in [-0.05, 0) is 23.8 Å². The van der Waals surface area contributed by atoms with Crippen molar-refractivity contribution < 1.29 is 23.4 Å². The maximum atomic E-state index is 14.3. The molecule has 0 amide bonds. The first-order valence-electron chi connectivity index (χ1n) is 7.54. The van der Waals surface area contributed by atoms with Crippen LogP contribution in [0.25, 0.3) is 11.1 Å². The van der Waals surface area contributed by atoms with Gasteiger partial charge in [-0.2, -0.15) is 0 Å². The van der Waals surface area contributed by atoms with Crippen molar-refractivity contribution in [3.05, 3.63) is 89.5 Å². The molecule has 5 heteroatoms. The topological polar surface area (TPSA) is 46.5 Å². The van der Waals surface area contributed by atoms with Gasteiger partial charge in [0, 0.05) is 5.56 Å². The van der Waals surface area contributed by atoms with E-state index in [1.807, 2.05) is 30.3 Å². The molecule has 3 aromatic rings. The molecule has 1 N–H and O–H groups in total. The van der Waals surface area contributed by atoms with E-state index in [0.717, 1.165) is 17.7 Å². The molecule has 0 aromatic heterocycles. The lowest BCUT2D eigenvalue weighted by Gasteiger charge is -2.13. The fourth-order valence-electron chi connectivity index (χ4n) is 2.49. The smallest absolute Gasteiger partial charge is 0.335 e. The number of ether oxygens (including phenoxy) is 1. The molecule has 0 aliphatic carbocycles. The Kier molecular flexibility index (Phi) is 4.75. The van der Waals surface area contributed by atoms with Crippen LogP contribution >= 0.6 is 0 Å². The molecule has 0 saturated heterocycles. The van der Waals surface area contributed by atoms with E-state index in [4.69, 9.17) is 9.84 Å². The minimum Gasteiger partial charge on any atom is -0.488 e. The Hall–Kier alpha value is -3.21. The largest absolute Gasteiger partial charge is 0.488 e. The molecule has 0 saturated carbocycles. The van der Waals surface area contributed by atoms with Gasteiger partial charge in [-0.3, -0.25) is 0 Å². The molecule has 0 unspecified atom stereocenters. The van der Waals surface area contributed by atoms with Gasteiger partial charge in [0.15, 0.2) is 0 Å². The third-order valence-electron chi connectivity index (χ3n) is 3.68. The predicted molar refractivity (Wildman–Crippen MR) is 89.5 cm³/mol. The van der Waals surface area contributed by atoms with Crippen LogP contribution in [0.3, 0.4) is 0 Å². The molecule has 3 aromatic carbocycles. The summed E-state index contributed by atoms with van der Waals surface area (Å²) in [5.41, 5.74) is 0.389. The summed E-state index contributed by atoms with van der Waals surface area (Å²) < 4.78 is 34.4. The van der Waals surface area contributed by atoms with Gasteiger partial charge in [-0.1, -0.05) is 48.5 Å². The van der Waals surface area contributed by atoms with Gasteiger partial charge >= 0.3 is 5.97 Å². The lowest BCUT2D eigenvalue weighted by molar-refractivity contribution is 0.0696. The van der Waals surface area contributed by atoms with Crippen molar-refractivity contribution in [2.24, 2.45) is 0 Å². The van der Waals surface area contributed by atoms with Gasteiger partial charge < -0.3 is 9.84 Å². The van der Waals surface area contributed by atoms with Gasteiger partial charge in [0.25, 0.3) is 0 Å². The lowest BCUT2D eigenvalue weighted by atomic mass is 10.0. The number of halogens is 2. The number of carbonyl (C=O) groups is 1. The summed E-state index contributed by atoms with van der Waals surface area (Å²) in [5.74, 6) is -2.98. The molecule has 0 aliphatic rings. The van der Waals surface area contributed by atoms with E-state index in [0.29, 0.717) is 5.75 Å². The van der Waals surface area contributed by atoms with Crippen molar-refractivity contribution in [2.75, 3.05) is 0 Å². The maximum Gasteiger partial charge on any atom is 0.335 e. The molecule has 0 spiro atoms. The van der Waals surface area contributed by atoms with Crippen LogP contribution in [-0.4, -0.2) is 11.1 Å². The van der Waals surface area contributed by atoms with Crippen molar-refractivity contribution >= 4 is 5.97 Å². The van der Waals surface area contributed by atoms with E-state index in [9.17, 15) is 13.6 Å². The highest BCUT2D eigenvalue weighted by Crippen LogP contribution is 2.34. The van der Waals surface area contributed by atoms with E-state index < -0.39 is 23.2 Å². The van der Waals surface area contributed by atoms with Crippen LogP contribution in [0.1, 0.15) is 15.9 Å². The quantitative estimate of drug-likeness (QED) is 0.718. The molecular weight excluding hydrogens is 326 g/mol. The molecule has 0 fully saturated rings. The lowest BCUT2D eigenvalue weighted by Crippen LogP contribution is -2.02. The number of benzene rings is 3. The normalized spacial score (nSPS) is 10.5. The van der Waals surface area contributed by atoms with Gasteiger partial charge in [0.05, 0.1) is 11.1 Å². The zero-order valence-corrected chi connectivity index (χ0v) is 13.1. The Morgan fingerprint density at radius 2 is 1.52 bits per heavy atom. The standard InChI is InChI=1S/C20H14F2O3/c21-16-10-14(20(23)24)11-17(22)19(16)15-8-4-5-9-18(15)25-12-13-6-2-1-3-7-13/h1-11H,12H2,(H,23,24). The highest BCUT2D eigenvalue weighted by molar-refractivity contribution is 5.88. The van der Waals surface area contributed by atoms with E-state index in [2.05, 4.69) is 0 Å². The number of hydrogen-bond acceptors (Lipinski definition) is 2. The number of hydrogen-bond donors (Lipinski definition) is 1. The average molecular weight is 340 g/mol. The van der Waals surface area contributed by atoms with Crippen molar-refractivity contribution in [3.63, 3.8) is 0 Å². The van der Waals surface area contributed by atoms with Crippen molar-refractivity contribution in [2.45, 2.75) is 6.61 Å². The SMILES string of the molecule is O=C(O)c1cc(F)c(-c2ccccc2OCc2ccccc2)c(F)c1. The summed E-state index contributed by atoms with van der Waals surface area (Å²) >= 11 is 0. The first kappa shape index (κ1) is 16.6. The van der Waals surface area contributed by atoms with Crippen LogP contribution in [0.4, 0.5) is 8.78 Å². The average Bonchev–Trinajstić information content (AvgIpc) is 2.61. The highest BCUT2D eigenvalue weighted by atomic mass is 19.1. The second-order valence-electron chi connectivity index (χ2n) is 5.39. The number of rotatable bonds is 5. The number of carboxylic acid groups (broad SMARTS) is 1. The van der Waals surface area contributed by atoms with Crippen molar-refractivity contribution in [3.8, 4) is 16.9 Å². The Labute approximate surface area is 143 Å². The van der Waals surface area contributed by atoms with Crippen LogP contribution < -0.4 is 4.74 Å².